The van der Waals surface area contributed by atoms with E-state index in [0.717, 1.165) is 17.9 Å². The largest absolute Gasteiger partial charge is 0.469 e. The molecular weight excluding hydrogens is 296 g/mol. The van der Waals surface area contributed by atoms with E-state index in [1.807, 2.05) is 43.0 Å². The molecule has 2 aromatic rings. The molecule has 0 fully saturated rings. The predicted octanol–water partition coefficient (Wildman–Crippen LogP) is 3.75. The van der Waals surface area contributed by atoms with Gasteiger partial charge in [-0.25, -0.2) is 4.79 Å². The molecule has 2 amide bonds. The van der Waals surface area contributed by atoms with Crippen LogP contribution in [0.2, 0.25) is 0 Å². The summed E-state index contributed by atoms with van der Waals surface area (Å²) in [6.07, 6.45) is 3.30. The van der Waals surface area contributed by atoms with Crippen LogP contribution in [0.1, 0.15) is 30.7 Å². The monoisotopic (exact) mass is 316 g/mol. The normalized spacial score (nSPS) is 18.3. The standard InChI is InChI=1S/C17H20N2O2S/c1-12(11-13-5-4-9-21-13)18-17(20)19-15-8-10-22-16-7-3-2-6-14(15)16/h2-7,9,12,15H,8,10-11H2,1H3,(H2,18,19,20)/t12-,15-/m0/s1. The average molecular weight is 316 g/mol. The fourth-order valence-electron chi connectivity index (χ4n) is 2.70. The molecule has 0 bridgehead atoms. The van der Waals surface area contributed by atoms with Crippen LogP contribution in [0.5, 0.6) is 0 Å². The Morgan fingerprint density at radius 3 is 3.05 bits per heavy atom. The fourth-order valence-corrected chi connectivity index (χ4v) is 3.82. The molecule has 0 aliphatic carbocycles. The number of nitrogens with one attached hydrogen (secondary N) is 2. The number of fused-ring (bicyclic) bond motifs is 1. The quantitative estimate of drug-likeness (QED) is 0.903. The lowest BCUT2D eigenvalue weighted by atomic mass is 10.0. The molecule has 116 valence electrons. The van der Waals surface area contributed by atoms with Crippen molar-refractivity contribution in [3.05, 3.63) is 54.0 Å². The van der Waals surface area contributed by atoms with Gasteiger partial charge in [0.1, 0.15) is 5.76 Å². The number of benzene rings is 1. The zero-order valence-corrected chi connectivity index (χ0v) is 13.4. The molecule has 2 atom stereocenters. The number of carbonyl (C=O) groups excluding carboxylic acids is 1. The van der Waals surface area contributed by atoms with Crippen LogP contribution in [0.25, 0.3) is 0 Å². The van der Waals surface area contributed by atoms with E-state index < -0.39 is 0 Å². The molecule has 3 rings (SSSR count). The molecule has 2 heterocycles. The summed E-state index contributed by atoms with van der Waals surface area (Å²) in [5, 5.41) is 6.07. The van der Waals surface area contributed by atoms with Crippen molar-refractivity contribution >= 4 is 17.8 Å². The van der Waals surface area contributed by atoms with E-state index in [1.165, 1.54) is 10.5 Å². The first-order valence-corrected chi connectivity index (χ1v) is 8.52. The molecule has 1 aliphatic rings. The topological polar surface area (TPSA) is 54.3 Å². The summed E-state index contributed by atoms with van der Waals surface area (Å²) in [5.41, 5.74) is 1.22. The highest BCUT2D eigenvalue weighted by Crippen LogP contribution is 2.35. The van der Waals surface area contributed by atoms with Crippen molar-refractivity contribution < 1.29 is 9.21 Å². The summed E-state index contributed by atoms with van der Waals surface area (Å²) >= 11 is 1.85. The second-order valence-corrected chi connectivity index (χ2v) is 6.67. The highest BCUT2D eigenvalue weighted by Gasteiger charge is 2.22. The van der Waals surface area contributed by atoms with Gasteiger partial charge < -0.3 is 15.1 Å². The third kappa shape index (κ3) is 3.65. The fraction of sp³-hybridized carbons (Fsp3) is 0.353. The van der Waals surface area contributed by atoms with E-state index in [9.17, 15) is 4.79 Å². The van der Waals surface area contributed by atoms with Crippen LogP contribution in [0.3, 0.4) is 0 Å². The second kappa shape index (κ2) is 6.92. The van der Waals surface area contributed by atoms with Crippen molar-refractivity contribution in [2.45, 2.75) is 36.7 Å². The Labute approximate surface area is 134 Å². The van der Waals surface area contributed by atoms with Crippen LogP contribution in [0.15, 0.2) is 52.0 Å². The number of rotatable bonds is 4. The van der Waals surface area contributed by atoms with E-state index >= 15 is 0 Å². The maximum atomic E-state index is 12.2. The van der Waals surface area contributed by atoms with E-state index in [-0.39, 0.29) is 18.1 Å². The van der Waals surface area contributed by atoms with Gasteiger partial charge in [-0.05, 0) is 37.1 Å². The van der Waals surface area contributed by atoms with Crippen LogP contribution in [-0.2, 0) is 6.42 Å². The Balaban J connectivity index is 1.56. The molecule has 4 nitrogen and oxygen atoms in total. The van der Waals surface area contributed by atoms with Gasteiger partial charge in [0, 0.05) is 23.1 Å². The Morgan fingerprint density at radius 1 is 1.36 bits per heavy atom. The van der Waals surface area contributed by atoms with Crippen LogP contribution in [0.4, 0.5) is 4.79 Å². The maximum absolute atomic E-state index is 12.2. The van der Waals surface area contributed by atoms with E-state index in [0.29, 0.717) is 6.42 Å². The van der Waals surface area contributed by atoms with E-state index in [4.69, 9.17) is 4.42 Å². The van der Waals surface area contributed by atoms with Crippen LogP contribution < -0.4 is 10.6 Å². The highest BCUT2D eigenvalue weighted by molar-refractivity contribution is 7.99. The van der Waals surface area contributed by atoms with Gasteiger partial charge >= 0.3 is 6.03 Å². The van der Waals surface area contributed by atoms with Crippen molar-refractivity contribution in [3.8, 4) is 0 Å². The van der Waals surface area contributed by atoms with Gasteiger partial charge in [0.2, 0.25) is 0 Å². The molecular formula is C17H20N2O2S. The maximum Gasteiger partial charge on any atom is 0.315 e. The second-order valence-electron chi connectivity index (χ2n) is 5.53. The molecule has 0 saturated carbocycles. The third-order valence-electron chi connectivity index (χ3n) is 3.73. The predicted molar refractivity (Wildman–Crippen MR) is 88.1 cm³/mol. The van der Waals surface area contributed by atoms with Crippen molar-refractivity contribution in [2.75, 3.05) is 5.75 Å². The average Bonchev–Trinajstić information content (AvgIpc) is 3.00. The zero-order valence-electron chi connectivity index (χ0n) is 12.5. The molecule has 0 radical (unpaired) electrons. The van der Waals surface area contributed by atoms with Crippen LogP contribution in [0, 0.1) is 0 Å². The van der Waals surface area contributed by atoms with Crippen molar-refractivity contribution in [1.82, 2.24) is 10.6 Å². The van der Waals surface area contributed by atoms with E-state index in [2.05, 4.69) is 22.8 Å². The lowest BCUT2D eigenvalue weighted by Gasteiger charge is -2.26. The summed E-state index contributed by atoms with van der Waals surface area (Å²) in [6.45, 7) is 1.98. The number of thioether (sulfide) groups is 1. The summed E-state index contributed by atoms with van der Waals surface area (Å²) in [5.74, 6) is 1.91. The van der Waals surface area contributed by atoms with Crippen LogP contribution in [-0.4, -0.2) is 17.8 Å². The number of hydrogen-bond acceptors (Lipinski definition) is 3. The van der Waals surface area contributed by atoms with Crippen molar-refractivity contribution in [2.24, 2.45) is 0 Å². The number of urea groups is 1. The van der Waals surface area contributed by atoms with Gasteiger partial charge in [-0.15, -0.1) is 11.8 Å². The molecule has 1 aromatic carbocycles. The molecule has 5 heteroatoms. The first-order valence-electron chi connectivity index (χ1n) is 7.53. The number of furan rings is 1. The zero-order chi connectivity index (χ0) is 15.4. The minimum Gasteiger partial charge on any atom is -0.469 e. The number of hydrogen-bond donors (Lipinski definition) is 2. The lowest BCUT2D eigenvalue weighted by molar-refractivity contribution is 0.233. The Kier molecular flexibility index (Phi) is 4.73. The Hall–Kier alpha value is -1.88. The van der Waals surface area contributed by atoms with Crippen molar-refractivity contribution in [3.63, 3.8) is 0 Å². The summed E-state index contributed by atoms with van der Waals surface area (Å²) in [6, 6.07) is 12.1. The summed E-state index contributed by atoms with van der Waals surface area (Å²) < 4.78 is 5.31. The lowest BCUT2D eigenvalue weighted by Crippen LogP contribution is -2.43. The summed E-state index contributed by atoms with van der Waals surface area (Å²) in [7, 11) is 0. The van der Waals surface area contributed by atoms with Gasteiger partial charge in [-0.2, -0.15) is 0 Å². The van der Waals surface area contributed by atoms with Gasteiger partial charge in [-0.3, -0.25) is 0 Å². The van der Waals surface area contributed by atoms with Gasteiger partial charge in [0.25, 0.3) is 0 Å². The smallest absolute Gasteiger partial charge is 0.315 e. The summed E-state index contributed by atoms with van der Waals surface area (Å²) in [4.78, 5) is 13.5. The molecule has 22 heavy (non-hydrogen) atoms. The molecule has 0 unspecified atom stereocenters. The first-order chi connectivity index (χ1) is 10.7. The SMILES string of the molecule is C[C@@H](Cc1ccco1)NC(=O)N[C@H]1CCSc2ccccc21. The Morgan fingerprint density at radius 2 is 2.23 bits per heavy atom. The highest BCUT2D eigenvalue weighted by atomic mass is 32.2. The molecule has 0 saturated heterocycles. The first kappa shape index (κ1) is 15.0. The van der Waals surface area contributed by atoms with Gasteiger partial charge in [0.15, 0.2) is 0 Å². The van der Waals surface area contributed by atoms with Crippen LogP contribution >= 0.6 is 11.8 Å². The molecule has 1 aromatic heterocycles. The minimum atomic E-state index is -0.120. The molecule has 0 spiro atoms. The van der Waals surface area contributed by atoms with E-state index in [1.54, 1.807) is 6.26 Å². The number of amides is 2. The minimum absolute atomic E-state index is 0.0272. The third-order valence-corrected chi connectivity index (χ3v) is 4.85. The van der Waals surface area contributed by atoms with Gasteiger partial charge in [0.05, 0.1) is 12.3 Å². The Bertz CT molecular complexity index is 627. The van der Waals surface area contributed by atoms with Crippen molar-refractivity contribution in [1.29, 1.82) is 0 Å². The van der Waals surface area contributed by atoms with Gasteiger partial charge in [-0.1, -0.05) is 18.2 Å². The number of carbonyl (C=O) groups is 1. The molecule has 2 N–H and O–H groups in total. The molecule has 1 aliphatic heterocycles.